The quantitative estimate of drug-likeness (QED) is 0.0488. The third-order valence-corrected chi connectivity index (χ3v) is 14.6. The van der Waals surface area contributed by atoms with E-state index in [0.29, 0.717) is 69.0 Å². The number of carbonyl (C=O) groups excluding carboxylic acids is 4. The van der Waals surface area contributed by atoms with Gasteiger partial charge in [0.05, 0.1) is 59.1 Å². The lowest BCUT2D eigenvalue weighted by atomic mass is 9.69. The molecular weight excluding hydrogens is 955 g/mol. The molecule has 3 aromatic heterocycles. The first-order valence-electron chi connectivity index (χ1n) is 23.7. The van der Waals surface area contributed by atoms with Crippen LogP contribution >= 0.6 is 34.3 Å². The van der Waals surface area contributed by atoms with Gasteiger partial charge in [0.1, 0.15) is 17.9 Å². The van der Waals surface area contributed by atoms with Gasteiger partial charge in [-0.05, 0) is 86.3 Å². The van der Waals surface area contributed by atoms with Gasteiger partial charge in [0, 0.05) is 49.7 Å². The van der Waals surface area contributed by atoms with Crippen LogP contribution in [0.3, 0.4) is 0 Å². The van der Waals surface area contributed by atoms with E-state index in [-0.39, 0.29) is 79.9 Å². The van der Waals surface area contributed by atoms with Gasteiger partial charge in [-0.15, -0.1) is 22.7 Å². The number of aromatic nitrogens is 3. The molecule has 374 valence electrons. The van der Waals surface area contributed by atoms with Crippen molar-refractivity contribution in [3.05, 3.63) is 106 Å². The van der Waals surface area contributed by atoms with Crippen molar-refractivity contribution in [2.24, 2.45) is 10.8 Å². The first-order valence-corrected chi connectivity index (χ1v) is 25.9. The highest BCUT2D eigenvalue weighted by atomic mass is 35.5. The second-order valence-corrected chi connectivity index (χ2v) is 20.9. The first kappa shape index (κ1) is 52.3. The predicted octanol–water partition coefficient (Wildman–Crippen LogP) is 8.43. The fourth-order valence-corrected chi connectivity index (χ4v) is 10.3. The highest BCUT2D eigenvalue weighted by molar-refractivity contribution is 7.13. The molecule has 0 bridgehead atoms. The Balaban J connectivity index is 0.826. The molecular formula is C51H62ClFN8O7S2. The highest BCUT2D eigenvalue weighted by Gasteiger charge is 2.44. The minimum absolute atomic E-state index is 0.0100. The van der Waals surface area contributed by atoms with E-state index < -0.39 is 28.7 Å². The molecule has 2 aromatic carbocycles. The summed E-state index contributed by atoms with van der Waals surface area (Å²) in [4.78, 5) is 70.8. The fourth-order valence-electron chi connectivity index (χ4n) is 8.81. The maximum Gasteiger partial charge on any atom is 0.246 e. The molecule has 2 aliphatic rings. The summed E-state index contributed by atoms with van der Waals surface area (Å²) in [5, 5.41) is 14.8. The Morgan fingerprint density at radius 2 is 1.69 bits per heavy atom. The predicted molar refractivity (Wildman–Crippen MR) is 270 cm³/mol. The molecule has 0 radical (unpaired) electrons. The van der Waals surface area contributed by atoms with Crippen LogP contribution in [0.5, 0.6) is 5.75 Å². The minimum atomic E-state index is -0.844. The van der Waals surface area contributed by atoms with Gasteiger partial charge < -0.3 is 40.4 Å². The van der Waals surface area contributed by atoms with Crippen LogP contribution in [0.15, 0.2) is 77.8 Å². The van der Waals surface area contributed by atoms with Gasteiger partial charge in [-0.1, -0.05) is 68.8 Å². The fraction of sp³-hybridized carbons (Fsp3) is 0.471. The largest absolute Gasteiger partial charge is 0.487 e. The van der Waals surface area contributed by atoms with Gasteiger partial charge in [0.2, 0.25) is 23.6 Å². The number of thiazole rings is 2. The number of carbonyl (C=O) groups is 4. The van der Waals surface area contributed by atoms with Crippen molar-refractivity contribution in [1.29, 1.82) is 0 Å². The molecule has 4 heterocycles. The lowest BCUT2D eigenvalue weighted by molar-refractivity contribution is -0.144. The monoisotopic (exact) mass is 1020 g/mol. The molecule has 4 amide bonds. The molecule has 5 aromatic rings. The van der Waals surface area contributed by atoms with E-state index in [4.69, 9.17) is 30.8 Å². The molecule has 70 heavy (non-hydrogen) atoms. The Kier molecular flexibility index (Phi) is 18.3. The van der Waals surface area contributed by atoms with Gasteiger partial charge in [-0.2, -0.15) is 0 Å². The smallest absolute Gasteiger partial charge is 0.246 e. The number of ether oxygens (including phenoxy) is 3. The van der Waals surface area contributed by atoms with Gasteiger partial charge in [-0.25, -0.2) is 19.3 Å². The molecule has 4 N–H and O–H groups in total. The number of hydrogen-bond acceptors (Lipinski definition) is 13. The summed E-state index contributed by atoms with van der Waals surface area (Å²) < 4.78 is 32.2. The second-order valence-electron chi connectivity index (χ2n) is 18.8. The van der Waals surface area contributed by atoms with E-state index in [1.54, 1.807) is 34.6 Å². The summed E-state index contributed by atoms with van der Waals surface area (Å²) in [5.74, 6) is -0.843. The van der Waals surface area contributed by atoms with Crippen molar-refractivity contribution in [2.75, 3.05) is 44.8 Å². The van der Waals surface area contributed by atoms with E-state index >= 15 is 0 Å². The molecule has 2 fully saturated rings. The van der Waals surface area contributed by atoms with E-state index in [1.807, 2.05) is 81.1 Å². The van der Waals surface area contributed by atoms with Crippen LogP contribution in [0.4, 0.5) is 15.3 Å². The number of halogens is 2. The van der Waals surface area contributed by atoms with E-state index in [9.17, 15) is 23.6 Å². The molecule has 0 spiro atoms. The number of aryl methyl sites for hydroxylation is 1. The van der Waals surface area contributed by atoms with Crippen LogP contribution in [-0.2, 0) is 41.6 Å². The number of hydrogen-bond donors (Lipinski definition) is 4. The van der Waals surface area contributed by atoms with Crippen LogP contribution in [0, 0.1) is 23.6 Å². The Morgan fingerprint density at radius 3 is 2.40 bits per heavy atom. The maximum atomic E-state index is 14.7. The van der Waals surface area contributed by atoms with Crippen molar-refractivity contribution < 1.29 is 37.8 Å². The number of rotatable bonds is 22. The summed E-state index contributed by atoms with van der Waals surface area (Å²) in [5.41, 5.74) is 4.17. The second kappa shape index (κ2) is 24.5. The van der Waals surface area contributed by atoms with E-state index in [2.05, 4.69) is 31.2 Å². The van der Waals surface area contributed by atoms with Crippen LogP contribution < -0.4 is 26.0 Å². The van der Waals surface area contributed by atoms with Gasteiger partial charge in [0.25, 0.3) is 0 Å². The molecule has 1 aliphatic carbocycles. The number of nitrogens with one attached hydrogen (secondary N) is 4. The molecule has 1 saturated heterocycles. The van der Waals surface area contributed by atoms with Crippen LogP contribution in [0.2, 0.25) is 5.02 Å². The molecule has 0 unspecified atom stereocenters. The van der Waals surface area contributed by atoms with Crippen molar-refractivity contribution in [3.8, 4) is 16.2 Å². The summed E-state index contributed by atoms with van der Waals surface area (Å²) in [6.07, 6.45) is 5.11. The first-order chi connectivity index (χ1) is 33.7. The topological polar surface area (TPSA) is 186 Å². The zero-order valence-corrected chi connectivity index (χ0v) is 42.5. The molecule has 19 heteroatoms. The molecule has 1 saturated carbocycles. The van der Waals surface area contributed by atoms with Gasteiger partial charge >= 0.3 is 0 Å². The third-order valence-electron chi connectivity index (χ3n) is 12.6. The van der Waals surface area contributed by atoms with Crippen molar-refractivity contribution in [3.63, 3.8) is 0 Å². The Morgan fingerprint density at radius 1 is 0.929 bits per heavy atom. The number of pyridine rings is 1. The maximum absolute atomic E-state index is 14.7. The summed E-state index contributed by atoms with van der Waals surface area (Å²) in [7, 11) is 0. The minimum Gasteiger partial charge on any atom is -0.487 e. The molecule has 15 nitrogen and oxygen atoms in total. The lowest BCUT2D eigenvalue weighted by Crippen LogP contribution is -2.57. The number of likely N-dealkylation sites (tertiary alicyclic amines) is 1. The van der Waals surface area contributed by atoms with Crippen molar-refractivity contribution in [1.82, 2.24) is 35.8 Å². The zero-order chi connectivity index (χ0) is 49.7. The number of anilines is 2. The summed E-state index contributed by atoms with van der Waals surface area (Å²) in [6.45, 7) is 9.49. The molecule has 7 rings (SSSR count). The number of benzene rings is 2. The van der Waals surface area contributed by atoms with Crippen molar-refractivity contribution >= 4 is 68.9 Å². The third kappa shape index (κ3) is 14.1. The number of nitrogens with zero attached hydrogens (tertiary/aromatic N) is 4. The SMILES string of the molecule is Cc1ncsc1-c1ccc(CNC(=O)[C@@H]2CCCN2C(=O)[C@@H](NC(=O)CCOCCOCCNC(=O)C2(Cc3cccc(Nc4nccs4)n3)CCC(Oc3cccc(Cl)c3F)CC2)C(C)(C)C)cc1. The summed E-state index contributed by atoms with van der Waals surface area (Å²) >= 11 is 9.05. The summed E-state index contributed by atoms with van der Waals surface area (Å²) in [6, 6.07) is 16.9. The average Bonchev–Trinajstić information content (AvgIpc) is 4.15. The Bertz CT molecular complexity index is 2530. The normalized spacial score (nSPS) is 18.5. The standard InChI is InChI=1S/C51H62ClFN8O7S2/c1-33-44(70-32-57-33)35-15-13-34(14-16-35)31-56-46(63)39-10-7-24-61(39)47(64)45(50(2,3)4)60-42(62)19-25-66-27-28-67-26-22-54-48(65)51(30-36-8-5-12-41(58-36)59-49-55-23-29-69-49)20-17-37(18-21-51)68-40-11-6-9-38(52)43(40)53/h5-6,8-9,11-16,23,29,32,37,39,45H,7,10,17-22,24-28,30-31H2,1-4H3,(H,54,65)(H,56,63)(H,60,62)(H,55,58,59)/t37?,39-,45+,51?/m0/s1. The lowest BCUT2D eigenvalue weighted by Gasteiger charge is -2.39. The highest BCUT2D eigenvalue weighted by Crippen LogP contribution is 2.41. The van der Waals surface area contributed by atoms with Crippen LogP contribution in [0.25, 0.3) is 10.4 Å². The average molecular weight is 1020 g/mol. The van der Waals surface area contributed by atoms with Crippen LogP contribution in [0.1, 0.15) is 82.7 Å². The van der Waals surface area contributed by atoms with Gasteiger partial charge in [-0.3, -0.25) is 19.2 Å². The zero-order valence-electron chi connectivity index (χ0n) is 40.1. The number of amides is 4. The van der Waals surface area contributed by atoms with Crippen molar-refractivity contribution in [2.45, 2.75) is 104 Å². The van der Waals surface area contributed by atoms with Gasteiger partial charge in [0.15, 0.2) is 16.7 Å². The molecule has 1 aliphatic heterocycles. The Hall–Kier alpha value is -5.53. The van der Waals surface area contributed by atoms with Crippen LogP contribution in [-0.4, -0.2) is 101 Å². The molecule has 2 atom stereocenters. The van der Waals surface area contributed by atoms with E-state index in [1.165, 1.54) is 17.4 Å². The van der Waals surface area contributed by atoms with E-state index in [0.717, 1.165) is 27.4 Å². The Labute approximate surface area is 421 Å².